The molecule has 0 bridgehead atoms. The van der Waals surface area contributed by atoms with Gasteiger partial charge in [0.2, 0.25) is 0 Å². The molecule has 2 aromatic heterocycles. The van der Waals surface area contributed by atoms with Gasteiger partial charge in [-0.3, -0.25) is 4.79 Å². The maximum atomic E-state index is 11.1. The number of benzene rings is 1. The second-order valence-electron chi connectivity index (χ2n) is 3.33. The van der Waals surface area contributed by atoms with E-state index in [1.807, 2.05) is 12.1 Å². The van der Waals surface area contributed by atoms with Gasteiger partial charge in [-0.2, -0.15) is 0 Å². The fraction of sp³-hybridized carbons (Fsp3) is 0. The van der Waals surface area contributed by atoms with Crippen LogP contribution in [0.2, 0.25) is 0 Å². The van der Waals surface area contributed by atoms with Crippen molar-refractivity contribution < 1.29 is 0 Å². The van der Waals surface area contributed by atoms with Crippen molar-refractivity contribution in [3.8, 4) is 0 Å². The Kier molecular flexibility index (Phi) is 1.83. The van der Waals surface area contributed by atoms with E-state index in [2.05, 4.69) is 20.2 Å². The molecule has 0 saturated heterocycles. The highest BCUT2D eigenvalue weighted by Gasteiger charge is 2.01. The first-order valence-electron chi connectivity index (χ1n) is 4.71. The summed E-state index contributed by atoms with van der Waals surface area (Å²) < 4.78 is 0. The summed E-state index contributed by atoms with van der Waals surface area (Å²) in [5.41, 5.74) is 1.07. The quantitative estimate of drug-likeness (QED) is 0.552. The normalized spacial score (nSPS) is 10.8. The second kappa shape index (κ2) is 3.30. The van der Waals surface area contributed by atoms with Crippen molar-refractivity contribution in [3.63, 3.8) is 0 Å². The molecule has 0 unspecified atom stereocenters. The summed E-state index contributed by atoms with van der Waals surface area (Å²) in [5.74, 6) is 0. The van der Waals surface area contributed by atoms with Crippen LogP contribution in [0, 0.1) is 0 Å². The standard InChI is InChI=1S/C11H6N4O/c16-10-4-2-7-1-3-9-8(5-12-6-13-9)11(7)15-14-10/h1-6H. The van der Waals surface area contributed by atoms with Gasteiger partial charge in [0.25, 0.3) is 5.56 Å². The zero-order valence-corrected chi connectivity index (χ0v) is 8.16. The minimum Gasteiger partial charge on any atom is -0.266 e. The molecule has 76 valence electrons. The van der Waals surface area contributed by atoms with Crippen molar-refractivity contribution in [1.29, 1.82) is 0 Å². The van der Waals surface area contributed by atoms with Crippen molar-refractivity contribution in [2.75, 3.05) is 0 Å². The minimum atomic E-state index is -0.360. The molecule has 5 nitrogen and oxygen atoms in total. The van der Waals surface area contributed by atoms with Gasteiger partial charge in [0.05, 0.1) is 5.52 Å². The van der Waals surface area contributed by atoms with Gasteiger partial charge in [0, 0.05) is 23.0 Å². The molecule has 5 heteroatoms. The summed E-state index contributed by atoms with van der Waals surface area (Å²) in [7, 11) is 0. The van der Waals surface area contributed by atoms with Crippen LogP contribution in [0.3, 0.4) is 0 Å². The molecule has 0 fully saturated rings. The zero-order chi connectivity index (χ0) is 11.0. The lowest BCUT2D eigenvalue weighted by Gasteiger charge is -1.96. The number of hydrogen-bond donors (Lipinski definition) is 0. The molecule has 16 heavy (non-hydrogen) atoms. The molecule has 0 aliphatic carbocycles. The lowest BCUT2D eigenvalue weighted by atomic mass is 10.1. The van der Waals surface area contributed by atoms with E-state index in [-0.39, 0.29) is 5.56 Å². The number of nitrogens with zero attached hydrogens (tertiary/aromatic N) is 4. The molecule has 0 atom stereocenters. The predicted octanol–water partition coefficient (Wildman–Crippen LogP) is 0.933. The number of aromatic nitrogens is 4. The summed E-state index contributed by atoms with van der Waals surface area (Å²) >= 11 is 0. The Morgan fingerprint density at radius 3 is 2.81 bits per heavy atom. The number of fused-ring (bicyclic) bond motifs is 3. The van der Waals surface area contributed by atoms with Crippen LogP contribution in [0.15, 0.2) is 41.6 Å². The van der Waals surface area contributed by atoms with E-state index in [9.17, 15) is 4.79 Å². The van der Waals surface area contributed by atoms with Crippen molar-refractivity contribution in [3.05, 3.63) is 47.1 Å². The van der Waals surface area contributed by atoms with Crippen molar-refractivity contribution in [2.45, 2.75) is 0 Å². The van der Waals surface area contributed by atoms with Gasteiger partial charge in [-0.05, 0) is 12.1 Å². The molecule has 3 aromatic rings. The van der Waals surface area contributed by atoms with Crippen molar-refractivity contribution in [1.82, 2.24) is 20.2 Å². The third-order valence-electron chi connectivity index (χ3n) is 2.35. The fourth-order valence-corrected chi connectivity index (χ4v) is 1.60. The highest BCUT2D eigenvalue weighted by atomic mass is 16.1. The monoisotopic (exact) mass is 210 g/mol. The topological polar surface area (TPSA) is 68.6 Å². The van der Waals surface area contributed by atoms with E-state index in [1.165, 1.54) is 12.4 Å². The average molecular weight is 210 g/mol. The molecule has 2 heterocycles. The van der Waals surface area contributed by atoms with E-state index < -0.39 is 0 Å². The van der Waals surface area contributed by atoms with E-state index >= 15 is 0 Å². The van der Waals surface area contributed by atoms with Gasteiger partial charge in [0.1, 0.15) is 11.8 Å². The first-order valence-corrected chi connectivity index (χ1v) is 4.71. The van der Waals surface area contributed by atoms with Crippen molar-refractivity contribution >= 4 is 21.8 Å². The summed E-state index contributed by atoms with van der Waals surface area (Å²) in [5, 5.41) is 9.13. The Hall–Kier alpha value is -2.43. The van der Waals surface area contributed by atoms with Crippen LogP contribution in [0.25, 0.3) is 21.8 Å². The van der Waals surface area contributed by atoms with Crippen LogP contribution in [-0.2, 0) is 0 Å². The molecular formula is C11H6N4O. The van der Waals surface area contributed by atoms with Gasteiger partial charge in [-0.1, -0.05) is 6.07 Å². The Labute approximate surface area is 89.8 Å². The Morgan fingerprint density at radius 1 is 1.00 bits per heavy atom. The maximum absolute atomic E-state index is 11.1. The molecule has 0 amide bonds. The van der Waals surface area contributed by atoms with Crippen LogP contribution in [0.1, 0.15) is 0 Å². The van der Waals surface area contributed by atoms with Gasteiger partial charge in [-0.25, -0.2) is 9.97 Å². The molecule has 3 rings (SSSR count). The van der Waals surface area contributed by atoms with Gasteiger partial charge >= 0.3 is 0 Å². The second-order valence-corrected chi connectivity index (χ2v) is 3.33. The minimum absolute atomic E-state index is 0.360. The van der Waals surface area contributed by atoms with Crippen LogP contribution in [0.5, 0.6) is 0 Å². The third kappa shape index (κ3) is 1.30. The van der Waals surface area contributed by atoms with E-state index in [1.54, 1.807) is 12.3 Å². The fourth-order valence-electron chi connectivity index (χ4n) is 1.60. The summed E-state index contributed by atoms with van der Waals surface area (Å²) in [6, 6.07) is 6.82. The van der Waals surface area contributed by atoms with E-state index in [4.69, 9.17) is 0 Å². The zero-order valence-electron chi connectivity index (χ0n) is 8.16. The Balaban J connectivity index is 2.61. The number of rotatable bonds is 0. The Morgan fingerprint density at radius 2 is 1.88 bits per heavy atom. The molecular weight excluding hydrogens is 204 g/mol. The summed E-state index contributed by atoms with van der Waals surface area (Å²) in [6.07, 6.45) is 3.15. The summed E-state index contributed by atoms with van der Waals surface area (Å²) in [6.45, 7) is 0. The SMILES string of the molecule is O=c1ccc2ccc3ncncc3c2nn1. The first kappa shape index (κ1) is 8.84. The van der Waals surface area contributed by atoms with E-state index in [0.717, 1.165) is 16.3 Å². The first-order chi connectivity index (χ1) is 7.84. The molecule has 0 N–H and O–H groups in total. The van der Waals surface area contributed by atoms with E-state index in [0.29, 0.717) is 5.52 Å². The van der Waals surface area contributed by atoms with Crippen LogP contribution < -0.4 is 5.56 Å². The van der Waals surface area contributed by atoms with Crippen LogP contribution in [-0.4, -0.2) is 20.2 Å². The molecule has 0 aliphatic heterocycles. The molecule has 0 spiro atoms. The molecule has 1 aromatic carbocycles. The Bertz CT molecular complexity index is 742. The van der Waals surface area contributed by atoms with Gasteiger partial charge < -0.3 is 0 Å². The smallest absolute Gasteiger partial charge is 0.266 e. The van der Waals surface area contributed by atoms with Gasteiger partial charge in [-0.15, -0.1) is 10.2 Å². The van der Waals surface area contributed by atoms with Gasteiger partial charge in [0.15, 0.2) is 0 Å². The lowest BCUT2D eigenvalue weighted by Crippen LogP contribution is -1.99. The summed E-state index contributed by atoms with van der Waals surface area (Å²) in [4.78, 5) is 19.2. The van der Waals surface area contributed by atoms with Crippen molar-refractivity contribution in [2.24, 2.45) is 0 Å². The van der Waals surface area contributed by atoms with Crippen LogP contribution >= 0.6 is 0 Å². The molecule has 0 saturated carbocycles. The largest absolute Gasteiger partial charge is 0.288 e. The maximum Gasteiger partial charge on any atom is 0.288 e. The highest BCUT2D eigenvalue weighted by molar-refractivity contribution is 6.02. The predicted molar refractivity (Wildman–Crippen MR) is 58.9 cm³/mol. The number of hydrogen-bond acceptors (Lipinski definition) is 5. The highest BCUT2D eigenvalue weighted by Crippen LogP contribution is 2.18. The third-order valence-corrected chi connectivity index (χ3v) is 2.35. The lowest BCUT2D eigenvalue weighted by molar-refractivity contribution is 1.05. The van der Waals surface area contributed by atoms with Crippen LogP contribution in [0.4, 0.5) is 0 Å². The molecule has 0 aliphatic rings. The average Bonchev–Trinajstić information content (AvgIpc) is 2.52. The molecule has 0 radical (unpaired) electrons.